The van der Waals surface area contributed by atoms with Gasteiger partial charge in [0.25, 0.3) is 5.08 Å². The molecule has 0 bridgehead atoms. The third kappa shape index (κ3) is 9.04. The van der Waals surface area contributed by atoms with Crippen LogP contribution >= 0.6 is 15.2 Å². The van der Waals surface area contributed by atoms with Crippen molar-refractivity contribution < 1.29 is 43.7 Å². The third-order valence-electron chi connectivity index (χ3n) is 3.17. The summed E-state index contributed by atoms with van der Waals surface area (Å²) in [6.45, 7) is -0.353. The van der Waals surface area contributed by atoms with Gasteiger partial charge in [0.2, 0.25) is 0 Å². The molecule has 1 rings (SSSR count). The number of carbonyl (C=O) groups is 1. The van der Waals surface area contributed by atoms with Gasteiger partial charge in [-0.2, -0.15) is 0 Å². The van der Waals surface area contributed by atoms with Gasteiger partial charge in [0.05, 0.1) is 12.9 Å². The number of imidazole rings is 1. The molecule has 1 unspecified atom stereocenters. The Balaban J connectivity index is 0. The van der Waals surface area contributed by atoms with E-state index in [0.717, 1.165) is 23.7 Å². The number of carboxylic acid groups (broad SMARTS) is 1. The maximum Gasteiger partial charge on any atom is 0.371 e. The number of carboxylic acids is 1. The maximum atomic E-state index is 10.9. The standard InChI is InChI=1S/C6H14N2O2.C5H10N2O7P2.H3N/c7-4-2-1-3-5(8)6(9)10;8-5(15(9,10)11,16(12,13)14)3-7-2-1-6-4-7;/h5H,1-4,7-8H2,(H,9,10);1-2,4,8H,3H2,(H2,9,10,11)(H2,12,13,14);1H3. The van der Waals surface area contributed by atoms with Gasteiger partial charge in [-0.1, -0.05) is 6.42 Å². The number of aromatic nitrogens is 2. The molecule has 1 heterocycles. The van der Waals surface area contributed by atoms with Gasteiger partial charge >= 0.3 is 21.2 Å². The van der Waals surface area contributed by atoms with E-state index in [9.17, 15) is 19.0 Å². The van der Waals surface area contributed by atoms with Crippen molar-refractivity contribution in [3.8, 4) is 0 Å². The topological polar surface area (TPSA) is 277 Å². The van der Waals surface area contributed by atoms with Gasteiger partial charge in [0, 0.05) is 12.4 Å². The van der Waals surface area contributed by atoms with E-state index in [1.165, 1.54) is 12.4 Å². The highest BCUT2D eigenvalue weighted by molar-refractivity contribution is 7.72. The number of aliphatic carboxylic acids is 1. The SMILES string of the molecule is N.NCCCCC(N)C(=O)O.O=P(O)(O)C(O)(Cn1ccnc1)P(=O)(O)O. The van der Waals surface area contributed by atoms with Crippen molar-refractivity contribution in [2.45, 2.75) is 36.9 Å². The molecule has 1 aromatic heterocycles. The number of hydrogen-bond donors (Lipinski definition) is 9. The Kier molecular flexibility index (Phi) is 12.1. The predicted octanol–water partition coefficient (Wildman–Crippen LogP) is -1.43. The molecule has 27 heavy (non-hydrogen) atoms. The Bertz CT molecular complexity index is 623. The lowest BCUT2D eigenvalue weighted by atomic mass is 10.1. The molecule has 14 nitrogen and oxygen atoms in total. The van der Waals surface area contributed by atoms with Crippen molar-refractivity contribution in [1.29, 1.82) is 0 Å². The van der Waals surface area contributed by atoms with Crippen LogP contribution in [0.4, 0.5) is 0 Å². The quantitative estimate of drug-likeness (QED) is 0.159. The second-order valence-electron chi connectivity index (χ2n) is 5.33. The molecule has 0 saturated carbocycles. The first kappa shape index (κ1) is 28.0. The normalized spacial score (nSPS) is 13.1. The molecule has 0 fully saturated rings. The molecule has 13 N–H and O–H groups in total. The zero-order valence-electron chi connectivity index (χ0n) is 14.4. The number of nitrogens with two attached hydrogens (primary N) is 2. The molecule has 0 aliphatic heterocycles. The monoisotopic (exact) mass is 435 g/mol. The van der Waals surface area contributed by atoms with E-state index in [1.54, 1.807) is 0 Å². The van der Waals surface area contributed by atoms with Gasteiger partial charge < -0.3 is 52.0 Å². The summed E-state index contributed by atoms with van der Waals surface area (Å²) in [5, 5.41) is 14.4. The third-order valence-corrected chi connectivity index (χ3v) is 6.89. The molecule has 160 valence electrons. The van der Waals surface area contributed by atoms with Crippen LogP contribution in [0.15, 0.2) is 18.7 Å². The van der Waals surface area contributed by atoms with Crippen LogP contribution in [0.5, 0.6) is 0 Å². The van der Waals surface area contributed by atoms with Crippen molar-refractivity contribution in [2.75, 3.05) is 6.54 Å². The van der Waals surface area contributed by atoms with Crippen LogP contribution in [0.2, 0.25) is 0 Å². The van der Waals surface area contributed by atoms with E-state index in [2.05, 4.69) is 4.98 Å². The second-order valence-corrected chi connectivity index (χ2v) is 9.34. The van der Waals surface area contributed by atoms with Gasteiger partial charge in [0.15, 0.2) is 0 Å². The van der Waals surface area contributed by atoms with Crippen LogP contribution in [0, 0.1) is 0 Å². The van der Waals surface area contributed by atoms with Gasteiger partial charge in [-0.15, -0.1) is 0 Å². The molecule has 1 aromatic rings. The minimum Gasteiger partial charge on any atom is -0.480 e. The Hall–Kier alpha value is -1.18. The Morgan fingerprint density at radius 1 is 1.19 bits per heavy atom. The largest absolute Gasteiger partial charge is 0.480 e. The zero-order chi connectivity index (χ0) is 20.6. The Morgan fingerprint density at radius 3 is 2.04 bits per heavy atom. The predicted molar refractivity (Wildman–Crippen MR) is 94.8 cm³/mol. The fraction of sp³-hybridized carbons (Fsp3) is 0.636. The van der Waals surface area contributed by atoms with Crippen molar-refractivity contribution in [2.24, 2.45) is 11.5 Å². The molecular formula is C11H27N5O9P2. The lowest BCUT2D eigenvalue weighted by Gasteiger charge is -2.29. The van der Waals surface area contributed by atoms with E-state index in [-0.39, 0.29) is 6.15 Å². The average Bonchev–Trinajstić information content (AvgIpc) is 2.98. The molecule has 0 aromatic carbocycles. The summed E-state index contributed by atoms with van der Waals surface area (Å²) in [6.07, 6.45) is 5.67. The Morgan fingerprint density at radius 2 is 1.70 bits per heavy atom. The van der Waals surface area contributed by atoms with Crippen LogP contribution in [0.1, 0.15) is 19.3 Å². The minimum atomic E-state index is -5.41. The minimum absolute atomic E-state index is 0. The highest BCUT2D eigenvalue weighted by Gasteiger charge is 2.59. The number of rotatable bonds is 9. The summed E-state index contributed by atoms with van der Waals surface area (Å²) in [7, 11) is -10.8. The number of nitrogens with zero attached hydrogens (tertiary/aromatic N) is 2. The molecule has 0 radical (unpaired) electrons. The first-order valence-electron chi connectivity index (χ1n) is 7.24. The second kappa shape index (κ2) is 11.6. The average molecular weight is 435 g/mol. The van der Waals surface area contributed by atoms with E-state index < -0.39 is 38.8 Å². The van der Waals surface area contributed by atoms with Crippen molar-refractivity contribution >= 4 is 21.2 Å². The van der Waals surface area contributed by atoms with Crippen LogP contribution in [0.25, 0.3) is 0 Å². The lowest BCUT2D eigenvalue weighted by Crippen LogP contribution is -2.33. The molecule has 16 heteroatoms. The molecule has 0 saturated heterocycles. The molecule has 0 aliphatic rings. The number of hydrogen-bond acceptors (Lipinski definition) is 8. The number of unbranched alkanes of at least 4 members (excludes halogenated alkanes) is 1. The molecule has 0 aliphatic carbocycles. The lowest BCUT2D eigenvalue weighted by molar-refractivity contribution is -0.138. The summed E-state index contributed by atoms with van der Waals surface area (Å²) in [6, 6.07) is -0.716. The van der Waals surface area contributed by atoms with E-state index in [1.807, 2.05) is 0 Å². The summed E-state index contributed by atoms with van der Waals surface area (Å²) in [4.78, 5) is 48.9. The van der Waals surface area contributed by atoms with Crippen molar-refractivity contribution in [1.82, 2.24) is 15.7 Å². The van der Waals surface area contributed by atoms with E-state index >= 15 is 0 Å². The summed E-state index contributed by atoms with van der Waals surface area (Å²) in [5.74, 6) is -0.933. The maximum absolute atomic E-state index is 10.9. The van der Waals surface area contributed by atoms with Crippen molar-refractivity contribution in [3.05, 3.63) is 18.7 Å². The fourth-order valence-electron chi connectivity index (χ4n) is 1.61. The summed E-state index contributed by atoms with van der Waals surface area (Å²) < 4.78 is 22.8. The Labute approximate surface area is 155 Å². The summed E-state index contributed by atoms with van der Waals surface area (Å²) >= 11 is 0. The van der Waals surface area contributed by atoms with Crippen LogP contribution in [0.3, 0.4) is 0 Å². The van der Waals surface area contributed by atoms with Gasteiger partial charge in [0.1, 0.15) is 6.04 Å². The van der Waals surface area contributed by atoms with Crippen LogP contribution < -0.4 is 17.6 Å². The highest BCUT2D eigenvalue weighted by Crippen LogP contribution is 2.67. The fourth-order valence-corrected chi connectivity index (χ4v) is 3.66. The molecule has 0 spiro atoms. The zero-order valence-corrected chi connectivity index (χ0v) is 16.2. The van der Waals surface area contributed by atoms with Gasteiger partial charge in [-0.25, -0.2) is 4.98 Å². The smallest absolute Gasteiger partial charge is 0.371 e. The van der Waals surface area contributed by atoms with E-state index in [0.29, 0.717) is 13.0 Å². The summed E-state index contributed by atoms with van der Waals surface area (Å²) in [5.41, 5.74) is 10.4. The van der Waals surface area contributed by atoms with Gasteiger partial charge in [-0.05, 0) is 19.4 Å². The molecule has 0 amide bonds. The first-order valence-corrected chi connectivity index (χ1v) is 10.5. The van der Waals surface area contributed by atoms with Crippen molar-refractivity contribution in [3.63, 3.8) is 0 Å². The van der Waals surface area contributed by atoms with Crippen LogP contribution in [-0.4, -0.2) is 63.0 Å². The first-order chi connectivity index (χ1) is 11.8. The van der Waals surface area contributed by atoms with E-state index in [4.69, 9.17) is 36.1 Å². The van der Waals surface area contributed by atoms with Crippen LogP contribution in [-0.2, 0) is 20.5 Å². The highest BCUT2D eigenvalue weighted by atomic mass is 31.2. The molecule has 1 atom stereocenters. The number of aliphatic hydroxyl groups is 1. The molecular weight excluding hydrogens is 408 g/mol. The van der Waals surface area contributed by atoms with Gasteiger partial charge in [-0.3, -0.25) is 13.9 Å².